The van der Waals surface area contributed by atoms with E-state index >= 15 is 0 Å². The van der Waals surface area contributed by atoms with Crippen molar-refractivity contribution in [1.82, 2.24) is 0 Å². The van der Waals surface area contributed by atoms with Gasteiger partial charge in [-0.3, -0.25) is 0 Å². The van der Waals surface area contributed by atoms with Crippen molar-refractivity contribution in [1.29, 1.82) is 0 Å². The van der Waals surface area contributed by atoms with Crippen molar-refractivity contribution < 1.29 is 34.3 Å². The molecule has 6 rings (SSSR count). The highest BCUT2D eigenvalue weighted by atomic mass is 16.7. The highest BCUT2D eigenvalue weighted by Gasteiger charge is 2.47. The van der Waals surface area contributed by atoms with Crippen molar-refractivity contribution in [3.05, 3.63) is 35.4 Å². The molecule has 176 valence electrons. The molecule has 1 aliphatic heterocycles. The van der Waals surface area contributed by atoms with Crippen LogP contribution in [0.25, 0.3) is 5.76 Å². The van der Waals surface area contributed by atoms with Crippen LogP contribution in [0.2, 0.25) is 0 Å². The Balaban J connectivity index is 1.41. The van der Waals surface area contributed by atoms with Crippen LogP contribution in [0.15, 0.2) is 29.8 Å². The first-order valence-corrected chi connectivity index (χ1v) is 11.7. The molecule has 4 saturated carbocycles. The summed E-state index contributed by atoms with van der Waals surface area (Å²) in [5, 5.41) is 30.0. The summed E-state index contributed by atoms with van der Waals surface area (Å²) in [4.78, 5) is 0. The molecule has 4 aliphatic carbocycles. The molecule has 5 aliphatic rings. The number of aliphatic hydroxyl groups excluding tert-OH is 3. The summed E-state index contributed by atoms with van der Waals surface area (Å²) < 4.78 is 23.0. The number of hydrogen-bond acceptors (Lipinski definition) is 7. The average Bonchev–Trinajstić information content (AvgIpc) is 2.78. The third kappa shape index (κ3) is 3.84. The second-order valence-electron chi connectivity index (χ2n) is 9.85. The maximum Gasteiger partial charge on any atom is 0.229 e. The molecular weight excluding hydrogens is 412 g/mol. The Hall–Kier alpha value is -1.64. The molecule has 0 amide bonds. The zero-order valence-corrected chi connectivity index (χ0v) is 18.7. The van der Waals surface area contributed by atoms with Crippen LogP contribution in [0, 0.1) is 23.7 Å². The first-order chi connectivity index (χ1) is 15.5. The van der Waals surface area contributed by atoms with Crippen LogP contribution in [-0.2, 0) is 14.2 Å². The highest BCUT2D eigenvalue weighted by molar-refractivity contribution is 5.66. The van der Waals surface area contributed by atoms with Gasteiger partial charge in [-0.2, -0.15) is 0 Å². The molecule has 0 aromatic heterocycles. The number of ether oxygens (including phenoxy) is 4. The van der Waals surface area contributed by atoms with Gasteiger partial charge in [-0.05, 0) is 73.5 Å². The summed E-state index contributed by atoms with van der Waals surface area (Å²) in [5.74, 6) is 4.50. The van der Waals surface area contributed by atoms with Crippen LogP contribution < -0.4 is 4.74 Å². The Bertz CT molecular complexity index is 822. The van der Waals surface area contributed by atoms with E-state index in [1.54, 1.807) is 7.11 Å². The molecule has 7 heteroatoms. The molecular formula is C25H34O7. The molecule has 1 heterocycles. The molecule has 1 aromatic carbocycles. The van der Waals surface area contributed by atoms with Crippen LogP contribution >= 0.6 is 0 Å². The number of methoxy groups -OCH3 is 2. The van der Waals surface area contributed by atoms with Crippen molar-refractivity contribution in [3.8, 4) is 5.75 Å². The van der Waals surface area contributed by atoms with Crippen molar-refractivity contribution in [2.24, 2.45) is 23.7 Å². The highest BCUT2D eigenvalue weighted by Crippen LogP contribution is 2.58. The molecule has 1 aromatic rings. The van der Waals surface area contributed by atoms with Crippen LogP contribution in [0.3, 0.4) is 0 Å². The standard InChI is InChI=1S/C25H34O7/c1-29-23(20-16-7-13-6-14(9-16)10-17(20)8-13)15-4-3-5-18(11-15)31-25-24(30-2)22(28)21(27)19(12-26)32-25/h3-5,11,13-14,16-17,19,21-22,24-28H,6-10,12H2,1-2H3. The van der Waals surface area contributed by atoms with Crippen molar-refractivity contribution in [2.45, 2.75) is 62.8 Å². The van der Waals surface area contributed by atoms with Gasteiger partial charge in [-0.25, -0.2) is 0 Å². The molecule has 1 saturated heterocycles. The predicted molar refractivity (Wildman–Crippen MR) is 117 cm³/mol. The Morgan fingerprint density at radius 1 is 1.00 bits per heavy atom. The fraction of sp³-hybridized carbons (Fsp3) is 0.680. The molecule has 7 nitrogen and oxygen atoms in total. The Kier molecular flexibility index (Phi) is 6.20. The van der Waals surface area contributed by atoms with E-state index < -0.39 is 37.3 Å². The van der Waals surface area contributed by atoms with E-state index in [4.69, 9.17) is 18.9 Å². The summed E-state index contributed by atoms with van der Waals surface area (Å²) in [7, 11) is 3.17. The van der Waals surface area contributed by atoms with Gasteiger partial charge in [0.2, 0.25) is 6.29 Å². The third-order valence-electron chi connectivity index (χ3n) is 7.93. The second kappa shape index (κ2) is 8.95. The van der Waals surface area contributed by atoms with Gasteiger partial charge in [0.25, 0.3) is 0 Å². The topological polar surface area (TPSA) is 97.6 Å². The Morgan fingerprint density at radius 3 is 2.28 bits per heavy atom. The molecule has 32 heavy (non-hydrogen) atoms. The number of hydrogen-bond donors (Lipinski definition) is 3. The van der Waals surface area contributed by atoms with Crippen molar-refractivity contribution in [2.75, 3.05) is 20.8 Å². The van der Waals surface area contributed by atoms with Crippen molar-refractivity contribution in [3.63, 3.8) is 0 Å². The smallest absolute Gasteiger partial charge is 0.229 e. The van der Waals surface area contributed by atoms with Crippen LogP contribution in [0.4, 0.5) is 0 Å². The van der Waals surface area contributed by atoms with E-state index in [1.807, 2.05) is 24.3 Å². The van der Waals surface area contributed by atoms with Gasteiger partial charge < -0.3 is 34.3 Å². The monoisotopic (exact) mass is 446 g/mol. The maximum absolute atomic E-state index is 10.4. The van der Waals surface area contributed by atoms with Crippen molar-refractivity contribution >= 4 is 5.76 Å². The largest absolute Gasteiger partial charge is 0.496 e. The Morgan fingerprint density at radius 2 is 1.69 bits per heavy atom. The predicted octanol–water partition coefficient (Wildman–Crippen LogP) is 2.33. The molecule has 5 atom stereocenters. The van der Waals surface area contributed by atoms with Gasteiger partial charge in [0, 0.05) is 12.7 Å². The lowest BCUT2D eigenvalue weighted by molar-refractivity contribution is -0.282. The third-order valence-corrected chi connectivity index (χ3v) is 7.93. The second-order valence-corrected chi connectivity index (χ2v) is 9.85. The fourth-order valence-corrected chi connectivity index (χ4v) is 6.71. The normalized spacial score (nSPS) is 40.4. The molecule has 0 spiro atoms. The number of aliphatic hydroxyl groups is 3. The van der Waals surface area contributed by atoms with E-state index in [9.17, 15) is 15.3 Å². The first kappa shape index (κ1) is 22.2. The zero-order valence-electron chi connectivity index (χ0n) is 18.7. The summed E-state index contributed by atoms with van der Waals surface area (Å²) in [6.45, 7) is -0.431. The van der Waals surface area contributed by atoms with E-state index in [0.717, 1.165) is 23.2 Å². The summed E-state index contributed by atoms with van der Waals surface area (Å²) in [6, 6.07) is 7.70. The molecule has 3 N–H and O–H groups in total. The Labute approximate surface area is 188 Å². The van der Waals surface area contributed by atoms with Crippen LogP contribution in [-0.4, -0.2) is 66.9 Å². The van der Waals surface area contributed by atoms with E-state index in [1.165, 1.54) is 44.8 Å². The van der Waals surface area contributed by atoms with Gasteiger partial charge in [-0.1, -0.05) is 12.1 Å². The van der Waals surface area contributed by atoms with E-state index in [0.29, 0.717) is 17.6 Å². The number of allylic oxidation sites excluding steroid dienone is 1. The lowest BCUT2D eigenvalue weighted by Gasteiger charge is -2.51. The van der Waals surface area contributed by atoms with E-state index in [2.05, 4.69) is 0 Å². The molecule has 5 fully saturated rings. The average molecular weight is 447 g/mol. The molecule has 0 radical (unpaired) electrons. The minimum Gasteiger partial charge on any atom is -0.496 e. The van der Waals surface area contributed by atoms with Gasteiger partial charge in [0.15, 0.2) is 0 Å². The number of rotatable bonds is 6. The fourth-order valence-electron chi connectivity index (χ4n) is 6.71. The quantitative estimate of drug-likeness (QED) is 0.577. The zero-order chi connectivity index (χ0) is 22.4. The van der Waals surface area contributed by atoms with Gasteiger partial charge in [0.05, 0.1) is 13.7 Å². The summed E-state index contributed by atoms with van der Waals surface area (Å²) >= 11 is 0. The first-order valence-electron chi connectivity index (χ1n) is 11.7. The minimum atomic E-state index is -1.25. The van der Waals surface area contributed by atoms with E-state index in [-0.39, 0.29) is 0 Å². The number of benzene rings is 1. The summed E-state index contributed by atoms with van der Waals surface area (Å²) in [5.41, 5.74) is 2.44. The lowest BCUT2D eigenvalue weighted by Crippen LogP contribution is -2.60. The van der Waals surface area contributed by atoms with Gasteiger partial charge in [0.1, 0.15) is 35.9 Å². The molecule has 4 bridgehead atoms. The lowest BCUT2D eigenvalue weighted by atomic mass is 9.54. The van der Waals surface area contributed by atoms with Crippen LogP contribution in [0.1, 0.15) is 37.7 Å². The summed E-state index contributed by atoms with van der Waals surface area (Å²) in [6.07, 6.45) is 1.23. The van der Waals surface area contributed by atoms with Crippen LogP contribution in [0.5, 0.6) is 5.75 Å². The minimum absolute atomic E-state index is 0.431. The SMILES string of the molecule is COC(=C1C2CC3CC(C2)CC1C3)c1cccc(OC2OC(CO)C(O)C(O)C2OC)c1. The molecule has 5 unspecified atom stereocenters. The van der Waals surface area contributed by atoms with Gasteiger partial charge >= 0.3 is 0 Å². The maximum atomic E-state index is 10.4. The van der Waals surface area contributed by atoms with Gasteiger partial charge in [-0.15, -0.1) is 0 Å².